The number of hydrogen-bond acceptors (Lipinski definition) is 2. The van der Waals surface area contributed by atoms with Crippen molar-refractivity contribution in [2.75, 3.05) is 0 Å². The Labute approximate surface area is 114 Å². The van der Waals surface area contributed by atoms with E-state index in [1.165, 1.54) is 38.1 Å². The fraction of sp³-hybridized carbons (Fsp3) is 0.462. The molecule has 1 atom stereocenters. The van der Waals surface area contributed by atoms with E-state index in [0.29, 0.717) is 0 Å². The Morgan fingerprint density at radius 2 is 1.75 bits per heavy atom. The molecule has 0 radical (unpaired) electrons. The van der Waals surface area contributed by atoms with Gasteiger partial charge in [-0.2, -0.15) is 13.2 Å². The van der Waals surface area contributed by atoms with E-state index in [0.717, 1.165) is 0 Å². The Morgan fingerprint density at radius 1 is 1.25 bits per heavy atom. The van der Waals surface area contributed by atoms with Crippen LogP contribution in [0.2, 0.25) is 0 Å². The third kappa shape index (κ3) is 4.64. The van der Waals surface area contributed by atoms with E-state index >= 15 is 0 Å². The fourth-order valence-corrected chi connectivity index (χ4v) is 1.98. The highest BCUT2D eigenvalue weighted by Gasteiger charge is 2.43. The highest BCUT2D eigenvalue weighted by atomic mass is 19.4. The molecule has 0 saturated carbocycles. The maximum Gasteiger partial charge on any atom is 0.405 e. The second-order valence-electron chi connectivity index (χ2n) is 5.20. The number of halogens is 3. The lowest BCUT2D eigenvalue weighted by molar-refractivity contribution is -0.155. The van der Waals surface area contributed by atoms with Gasteiger partial charge in [-0.1, -0.05) is 12.1 Å². The predicted molar refractivity (Wildman–Crippen MR) is 66.8 cm³/mol. The quantitative estimate of drug-likeness (QED) is 0.795. The minimum Gasteiger partial charge on any atom is -0.508 e. The Kier molecular flexibility index (Phi) is 4.52. The third-order valence-electron chi connectivity index (χ3n) is 2.85. The first kappa shape index (κ1) is 16.1. The third-order valence-corrected chi connectivity index (χ3v) is 2.85. The molecule has 0 aromatic heterocycles. The molecule has 0 saturated heterocycles. The summed E-state index contributed by atoms with van der Waals surface area (Å²) in [6.45, 7) is 2.78. The first-order chi connectivity index (χ1) is 9.01. The zero-order valence-corrected chi connectivity index (χ0v) is 11.0. The number of nitrogens with one attached hydrogen (secondary N) is 1. The summed E-state index contributed by atoms with van der Waals surface area (Å²) >= 11 is 0. The van der Waals surface area contributed by atoms with Gasteiger partial charge < -0.3 is 15.5 Å². The molecule has 3 N–H and O–H groups in total. The maximum absolute atomic E-state index is 13.1. The number of alkyl halides is 3. The monoisotopic (exact) mass is 291 g/mol. The molecule has 0 bridgehead atoms. The van der Waals surface area contributed by atoms with Gasteiger partial charge in [0.2, 0.25) is 0 Å². The van der Waals surface area contributed by atoms with Gasteiger partial charge in [0.15, 0.2) is 0 Å². The van der Waals surface area contributed by atoms with Crippen LogP contribution in [0.4, 0.5) is 18.0 Å². The molecule has 1 rings (SSSR count). The molecule has 7 heteroatoms. The average molecular weight is 291 g/mol. The predicted octanol–water partition coefficient (Wildman–Crippen LogP) is 3.47. The lowest BCUT2D eigenvalue weighted by Gasteiger charge is -2.31. The smallest absolute Gasteiger partial charge is 0.405 e. The van der Waals surface area contributed by atoms with Crippen molar-refractivity contribution in [1.29, 1.82) is 0 Å². The Morgan fingerprint density at radius 3 is 2.15 bits per heavy atom. The molecular formula is C13H16F3NO3. The number of carbonyl (C=O) groups is 1. The minimum absolute atomic E-state index is 0.0180. The number of carboxylic acid groups (broad SMARTS) is 1. The zero-order chi connectivity index (χ0) is 15.6. The van der Waals surface area contributed by atoms with Crippen LogP contribution < -0.4 is 5.32 Å². The van der Waals surface area contributed by atoms with Crippen LogP contribution in [0.25, 0.3) is 0 Å². The topological polar surface area (TPSA) is 69.6 Å². The first-order valence-corrected chi connectivity index (χ1v) is 5.88. The summed E-state index contributed by atoms with van der Waals surface area (Å²) in [5.41, 5.74) is -1.25. The number of aromatic hydroxyl groups is 1. The molecule has 0 fully saturated rings. The first-order valence-electron chi connectivity index (χ1n) is 5.88. The van der Waals surface area contributed by atoms with Crippen LogP contribution in [-0.4, -0.2) is 28.0 Å². The van der Waals surface area contributed by atoms with Crippen LogP contribution in [0.5, 0.6) is 5.75 Å². The number of benzene rings is 1. The molecule has 112 valence electrons. The molecule has 0 spiro atoms. The Balaban J connectivity index is 3.02. The molecule has 0 unspecified atom stereocenters. The highest BCUT2D eigenvalue weighted by Crippen LogP contribution is 2.40. The summed E-state index contributed by atoms with van der Waals surface area (Å²) in [5, 5.41) is 19.8. The maximum atomic E-state index is 13.1. The van der Waals surface area contributed by atoms with E-state index in [1.54, 1.807) is 0 Å². The van der Waals surface area contributed by atoms with Crippen molar-refractivity contribution in [2.24, 2.45) is 0 Å². The SMILES string of the molecule is CC(C)(C[C@@H](c1ccc(O)cc1)C(F)(F)F)NC(=O)O. The average Bonchev–Trinajstić information content (AvgIpc) is 2.24. The standard InChI is InChI=1S/C13H16F3NO3/c1-12(2,17-11(19)20)7-10(13(14,15)16)8-3-5-9(18)6-4-8/h3-6,10,17-18H,7H2,1-2H3,(H,19,20)/t10-/m0/s1. The van der Waals surface area contributed by atoms with Crippen molar-refractivity contribution in [3.63, 3.8) is 0 Å². The molecule has 0 heterocycles. The molecule has 1 aromatic rings. The molecular weight excluding hydrogens is 275 g/mol. The second-order valence-corrected chi connectivity index (χ2v) is 5.20. The van der Waals surface area contributed by atoms with Gasteiger partial charge in [0, 0.05) is 5.54 Å². The van der Waals surface area contributed by atoms with Crippen LogP contribution in [0, 0.1) is 0 Å². The van der Waals surface area contributed by atoms with Crippen molar-refractivity contribution >= 4 is 6.09 Å². The van der Waals surface area contributed by atoms with Gasteiger partial charge in [-0.15, -0.1) is 0 Å². The van der Waals surface area contributed by atoms with E-state index in [1.807, 2.05) is 0 Å². The van der Waals surface area contributed by atoms with Crippen molar-refractivity contribution in [1.82, 2.24) is 5.32 Å². The van der Waals surface area contributed by atoms with E-state index < -0.39 is 30.1 Å². The van der Waals surface area contributed by atoms with Gasteiger partial charge in [0.1, 0.15) is 5.75 Å². The van der Waals surface area contributed by atoms with Crippen LogP contribution >= 0.6 is 0 Å². The summed E-state index contributed by atoms with van der Waals surface area (Å²) in [5.74, 6) is -1.94. The highest BCUT2D eigenvalue weighted by molar-refractivity contribution is 5.65. The van der Waals surface area contributed by atoms with Gasteiger partial charge in [0.05, 0.1) is 5.92 Å². The molecule has 1 amide bonds. The van der Waals surface area contributed by atoms with E-state index in [4.69, 9.17) is 10.2 Å². The number of phenolic OH excluding ortho intramolecular Hbond substituents is 1. The van der Waals surface area contributed by atoms with Crippen molar-refractivity contribution in [2.45, 2.75) is 37.9 Å². The van der Waals surface area contributed by atoms with Crippen LogP contribution in [-0.2, 0) is 0 Å². The van der Waals surface area contributed by atoms with Crippen molar-refractivity contribution in [3.05, 3.63) is 29.8 Å². The lowest BCUT2D eigenvalue weighted by Crippen LogP contribution is -2.45. The number of amides is 1. The summed E-state index contributed by atoms with van der Waals surface area (Å²) in [6, 6.07) is 4.71. The number of phenols is 1. The van der Waals surface area contributed by atoms with Gasteiger partial charge in [-0.25, -0.2) is 4.79 Å². The van der Waals surface area contributed by atoms with E-state index in [2.05, 4.69) is 5.32 Å². The summed E-state index contributed by atoms with van der Waals surface area (Å²) in [6.07, 6.45) is -6.32. The molecule has 4 nitrogen and oxygen atoms in total. The minimum atomic E-state index is -4.51. The molecule has 20 heavy (non-hydrogen) atoms. The number of rotatable bonds is 4. The Hall–Kier alpha value is -1.92. The normalized spacial score (nSPS) is 13.8. The second kappa shape index (κ2) is 5.60. The molecule has 0 aliphatic rings. The zero-order valence-electron chi connectivity index (χ0n) is 11.0. The fourth-order valence-electron chi connectivity index (χ4n) is 1.98. The molecule has 0 aliphatic carbocycles. The van der Waals surface area contributed by atoms with E-state index in [-0.39, 0.29) is 11.3 Å². The van der Waals surface area contributed by atoms with Gasteiger partial charge >= 0.3 is 12.3 Å². The molecule has 0 aliphatic heterocycles. The van der Waals surface area contributed by atoms with E-state index in [9.17, 15) is 18.0 Å². The summed E-state index contributed by atoms with van der Waals surface area (Å²) in [7, 11) is 0. The van der Waals surface area contributed by atoms with Crippen molar-refractivity contribution < 1.29 is 28.2 Å². The number of hydrogen-bond donors (Lipinski definition) is 3. The van der Waals surface area contributed by atoms with Gasteiger partial charge in [-0.05, 0) is 38.0 Å². The Bertz CT molecular complexity index is 469. The lowest BCUT2D eigenvalue weighted by atomic mass is 9.85. The van der Waals surface area contributed by atoms with Gasteiger partial charge in [-0.3, -0.25) is 0 Å². The molecule has 1 aromatic carbocycles. The largest absolute Gasteiger partial charge is 0.508 e. The van der Waals surface area contributed by atoms with Crippen LogP contribution in [0.3, 0.4) is 0 Å². The van der Waals surface area contributed by atoms with Gasteiger partial charge in [0.25, 0.3) is 0 Å². The van der Waals surface area contributed by atoms with Crippen molar-refractivity contribution in [3.8, 4) is 5.75 Å². The summed E-state index contributed by atoms with van der Waals surface area (Å²) in [4.78, 5) is 10.6. The van der Waals surface area contributed by atoms with Crippen LogP contribution in [0.15, 0.2) is 24.3 Å². The summed E-state index contributed by atoms with van der Waals surface area (Å²) < 4.78 is 39.4. The van der Waals surface area contributed by atoms with Crippen LogP contribution in [0.1, 0.15) is 31.7 Å².